The molecule has 4 rings (SSSR count). The van der Waals surface area contributed by atoms with Crippen LogP contribution in [-0.2, 0) is 10.0 Å². The third-order valence-corrected chi connectivity index (χ3v) is 6.25. The Kier molecular flexibility index (Phi) is 4.41. The topological polar surface area (TPSA) is 78.1 Å². The van der Waals surface area contributed by atoms with Gasteiger partial charge in [0.15, 0.2) is 0 Å². The molecule has 0 fully saturated rings. The fourth-order valence-corrected chi connectivity index (χ4v) is 4.22. The van der Waals surface area contributed by atoms with Crippen molar-refractivity contribution in [1.29, 1.82) is 0 Å². The number of carbonyl (C=O) groups is 1. The van der Waals surface area contributed by atoms with Gasteiger partial charge in [-0.15, -0.1) is 0 Å². The molecule has 0 saturated heterocycles. The highest BCUT2D eigenvalue weighted by atomic mass is 35.5. The summed E-state index contributed by atoms with van der Waals surface area (Å²) in [4.78, 5) is 25.3. The Morgan fingerprint density at radius 2 is 1.54 bits per heavy atom. The van der Waals surface area contributed by atoms with Gasteiger partial charge in [0, 0.05) is 23.0 Å². The van der Waals surface area contributed by atoms with E-state index >= 15 is 0 Å². The lowest BCUT2D eigenvalue weighted by molar-refractivity contribution is 0.0956. The van der Waals surface area contributed by atoms with Crippen LogP contribution in [0.5, 0.6) is 0 Å². The number of fused-ring (bicyclic) bond motifs is 1. The highest BCUT2D eigenvalue weighted by Gasteiger charge is 2.23. The zero-order chi connectivity index (χ0) is 19.9. The van der Waals surface area contributed by atoms with Crippen molar-refractivity contribution in [3.63, 3.8) is 0 Å². The smallest absolute Gasteiger partial charge is 0.268 e. The second-order valence-corrected chi connectivity index (χ2v) is 8.32. The van der Waals surface area contributed by atoms with E-state index in [9.17, 15) is 18.0 Å². The van der Waals surface area contributed by atoms with Crippen LogP contribution in [0.25, 0.3) is 10.8 Å². The number of hydrogen-bond acceptors (Lipinski definition) is 4. The lowest BCUT2D eigenvalue weighted by Crippen LogP contribution is -2.32. The van der Waals surface area contributed by atoms with Crippen LogP contribution in [0.3, 0.4) is 0 Å². The lowest BCUT2D eigenvalue weighted by Gasteiger charge is -2.05. The van der Waals surface area contributed by atoms with Gasteiger partial charge in [-0.2, -0.15) is 3.97 Å². The van der Waals surface area contributed by atoms with Gasteiger partial charge in [-0.3, -0.25) is 4.79 Å². The number of halogens is 1. The Labute approximate surface area is 165 Å². The quantitative estimate of drug-likeness (QED) is 0.516. The number of aromatic nitrogens is 2. The Morgan fingerprint density at radius 3 is 2.25 bits per heavy atom. The van der Waals surface area contributed by atoms with Crippen LogP contribution in [0.4, 0.5) is 0 Å². The number of carbonyl (C=O) groups excluding carboxylic acids is 1. The summed E-state index contributed by atoms with van der Waals surface area (Å²) < 4.78 is 26.7. The minimum atomic E-state index is -4.14. The maximum Gasteiger partial charge on any atom is 0.349 e. The second kappa shape index (κ2) is 6.78. The van der Waals surface area contributed by atoms with E-state index in [0.717, 1.165) is 27.7 Å². The SMILES string of the molecule is O=C(c1ccc2ccccc2c1)n1ccn(S(=O)(=O)c2ccc(Cl)cc2)c1=O. The van der Waals surface area contributed by atoms with E-state index < -0.39 is 21.6 Å². The molecule has 0 radical (unpaired) electrons. The summed E-state index contributed by atoms with van der Waals surface area (Å²) in [5.41, 5.74) is -0.685. The number of imidazole rings is 1. The highest BCUT2D eigenvalue weighted by Crippen LogP contribution is 2.18. The van der Waals surface area contributed by atoms with E-state index in [4.69, 9.17) is 11.6 Å². The molecule has 140 valence electrons. The van der Waals surface area contributed by atoms with E-state index in [1.807, 2.05) is 24.3 Å². The van der Waals surface area contributed by atoms with Crippen molar-refractivity contribution in [3.05, 3.63) is 100 Å². The molecule has 0 N–H and O–H groups in total. The molecule has 0 aliphatic carbocycles. The van der Waals surface area contributed by atoms with Crippen molar-refractivity contribution in [1.82, 2.24) is 8.54 Å². The van der Waals surface area contributed by atoms with Crippen molar-refractivity contribution in [2.45, 2.75) is 4.90 Å². The molecule has 8 heteroatoms. The number of hydrogen-bond donors (Lipinski definition) is 0. The summed E-state index contributed by atoms with van der Waals surface area (Å²) in [6.45, 7) is 0. The first-order valence-corrected chi connectivity index (χ1v) is 10.0. The van der Waals surface area contributed by atoms with Gasteiger partial charge in [0.25, 0.3) is 15.9 Å². The van der Waals surface area contributed by atoms with Crippen LogP contribution in [0.2, 0.25) is 5.02 Å². The average Bonchev–Trinajstić information content (AvgIpc) is 3.09. The Balaban J connectivity index is 1.76. The minimum absolute atomic E-state index is 0.102. The van der Waals surface area contributed by atoms with Gasteiger partial charge in [0.2, 0.25) is 0 Å². The zero-order valence-corrected chi connectivity index (χ0v) is 15.9. The summed E-state index contributed by atoms with van der Waals surface area (Å²) in [6, 6.07) is 17.9. The monoisotopic (exact) mass is 412 g/mol. The van der Waals surface area contributed by atoms with Crippen molar-refractivity contribution < 1.29 is 13.2 Å². The summed E-state index contributed by atoms with van der Waals surface area (Å²) in [6.07, 6.45) is 2.21. The summed E-state index contributed by atoms with van der Waals surface area (Å²) >= 11 is 5.78. The van der Waals surface area contributed by atoms with Crippen LogP contribution >= 0.6 is 11.6 Å². The van der Waals surface area contributed by atoms with Crippen LogP contribution in [0, 0.1) is 0 Å². The van der Waals surface area contributed by atoms with E-state index in [1.54, 1.807) is 18.2 Å². The average molecular weight is 413 g/mol. The molecule has 0 amide bonds. The van der Waals surface area contributed by atoms with Crippen molar-refractivity contribution >= 4 is 38.3 Å². The molecule has 0 saturated carbocycles. The highest BCUT2D eigenvalue weighted by molar-refractivity contribution is 7.90. The maximum absolute atomic E-state index is 12.8. The predicted octanol–water partition coefficient (Wildman–Crippen LogP) is 3.38. The molecule has 1 aromatic heterocycles. The van der Waals surface area contributed by atoms with Crippen LogP contribution in [0.15, 0.2) is 88.8 Å². The van der Waals surface area contributed by atoms with Crippen LogP contribution < -0.4 is 5.69 Å². The predicted molar refractivity (Wildman–Crippen MR) is 106 cm³/mol. The molecule has 28 heavy (non-hydrogen) atoms. The standard InChI is InChI=1S/C20H13ClN2O4S/c21-17-7-9-18(10-8-17)28(26,27)23-12-11-22(20(23)25)19(24)16-6-5-14-3-1-2-4-15(14)13-16/h1-13H. The molecule has 0 spiro atoms. The van der Waals surface area contributed by atoms with Crippen molar-refractivity contribution in [2.75, 3.05) is 0 Å². The molecule has 6 nitrogen and oxygen atoms in total. The molecule has 3 aromatic carbocycles. The maximum atomic E-state index is 12.8. The molecule has 0 aliphatic rings. The van der Waals surface area contributed by atoms with Crippen LogP contribution in [-0.4, -0.2) is 22.9 Å². The fourth-order valence-electron chi connectivity index (χ4n) is 2.88. The van der Waals surface area contributed by atoms with Gasteiger partial charge in [-0.05, 0) is 47.2 Å². The first-order valence-electron chi connectivity index (χ1n) is 8.22. The first kappa shape index (κ1) is 18.2. The zero-order valence-electron chi connectivity index (χ0n) is 14.3. The van der Waals surface area contributed by atoms with Gasteiger partial charge in [-0.25, -0.2) is 17.8 Å². The van der Waals surface area contributed by atoms with Gasteiger partial charge in [0.1, 0.15) is 0 Å². The van der Waals surface area contributed by atoms with E-state index in [1.165, 1.54) is 24.3 Å². The third kappa shape index (κ3) is 3.04. The first-order chi connectivity index (χ1) is 13.4. The Hall–Kier alpha value is -3.16. The lowest BCUT2D eigenvalue weighted by atomic mass is 10.1. The Morgan fingerprint density at radius 1 is 0.857 bits per heavy atom. The molecular weight excluding hydrogens is 400 g/mol. The molecule has 4 aromatic rings. The summed E-state index contributed by atoms with van der Waals surface area (Å²) in [7, 11) is -4.14. The Bertz CT molecular complexity index is 1370. The molecule has 1 heterocycles. The van der Waals surface area contributed by atoms with E-state index in [0.29, 0.717) is 9.00 Å². The molecule has 0 aliphatic heterocycles. The van der Waals surface area contributed by atoms with Gasteiger partial charge < -0.3 is 0 Å². The van der Waals surface area contributed by atoms with Gasteiger partial charge in [0.05, 0.1) is 4.90 Å². The summed E-state index contributed by atoms with van der Waals surface area (Å²) in [5.74, 6) is -0.610. The fraction of sp³-hybridized carbons (Fsp3) is 0. The van der Waals surface area contributed by atoms with Gasteiger partial charge >= 0.3 is 5.69 Å². The van der Waals surface area contributed by atoms with Crippen molar-refractivity contribution in [2.24, 2.45) is 0 Å². The minimum Gasteiger partial charge on any atom is -0.268 e. The molecule has 0 bridgehead atoms. The number of nitrogens with zero attached hydrogens (tertiary/aromatic N) is 2. The normalized spacial score (nSPS) is 11.6. The van der Waals surface area contributed by atoms with Crippen molar-refractivity contribution in [3.8, 4) is 0 Å². The molecular formula is C20H13ClN2O4S. The third-order valence-electron chi connectivity index (χ3n) is 4.33. The molecule has 0 atom stereocenters. The number of rotatable bonds is 3. The summed E-state index contributed by atoms with van der Waals surface area (Å²) in [5, 5.41) is 2.17. The van der Waals surface area contributed by atoms with Crippen LogP contribution in [0.1, 0.15) is 10.4 Å². The largest absolute Gasteiger partial charge is 0.349 e. The molecule has 0 unspecified atom stereocenters. The number of benzene rings is 3. The van der Waals surface area contributed by atoms with E-state index in [2.05, 4.69) is 0 Å². The van der Waals surface area contributed by atoms with Gasteiger partial charge in [-0.1, -0.05) is 41.9 Å². The van der Waals surface area contributed by atoms with E-state index in [-0.39, 0.29) is 10.5 Å². The second-order valence-electron chi connectivity index (χ2n) is 6.07.